The maximum atomic E-state index is 12.0. The van der Waals surface area contributed by atoms with Crippen molar-refractivity contribution in [2.75, 3.05) is 5.75 Å². The van der Waals surface area contributed by atoms with Gasteiger partial charge < -0.3 is 14.5 Å². The van der Waals surface area contributed by atoms with Gasteiger partial charge in [0, 0.05) is 0 Å². The summed E-state index contributed by atoms with van der Waals surface area (Å²) >= 11 is 1.48. The second-order valence-corrected chi connectivity index (χ2v) is 7.06. The summed E-state index contributed by atoms with van der Waals surface area (Å²) in [6.45, 7) is 11.6. The van der Waals surface area contributed by atoms with Gasteiger partial charge in [0.15, 0.2) is 0 Å². The van der Waals surface area contributed by atoms with Crippen LogP contribution in [0.3, 0.4) is 0 Å². The molecule has 120 valence electrons. The molecule has 0 aliphatic carbocycles. The van der Waals surface area contributed by atoms with Crippen molar-refractivity contribution < 1.29 is 13.9 Å². The van der Waals surface area contributed by atoms with Gasteiger partial charge >= 0.3 is 6.09 Å². The number of hydrogen-bond acceptors (Lipinski definition) is 6. The zero-order chi connectivity index (χ0) is 16.0. The van der Waals surface area contributed by atoms with Crippen molar-refractivity contribution in [2.24, 2.45) is 5.92 Å². The second-order valence-electron chi connectivity index (χ2n) is 5.85. The van der Waals surface area contributed by atoms with Crippen LogP contribution in [-0.2, 0) is 4.74 Å². The Morgan fingerprint density at radius 1 is 1.38 bits per heavy atom. The quantitative estimate of drug-likeness (QED) is 0.805. The molecule has 7 heteroatoms. The molecule has 0 saturated heterocycles. The molecule has 1 aromatic rings. The number of carbonyl (C=O) groups excluding carboxylic acids is 1. The molecule has 1 rings (SSSR count). The van der Waals surface area contributed by atoms with E-state index in [1.54, 1.807) is 0 Å². The molecule has 2 atom stereocenters. The highest BCUT2D eigenvalue weighted by molar-refractivity contribution is 7.99. The minimum atomic E-state index is -0.540. The first-order valence-corrected chi connectivity index (χ1v) is 8.21. The average Bonchev–Trinajstić information content (AvgIpc) is 2.82. The number of carbonyl (C=O) groups is 1. The van der Waals surface area contributed by atoms with Crippen LogP contribution in [0.2, 0.25) is 0 Å². The molecule has 1 aromatic heterocycles. The lowest BCUT2D eigenvalue weighted by atomic mass is 9.99. The van der Waals surface area contributed by atoms with Crippen LogP contribution >= 0.6 is 11.8 Å². The van der Waals surface area contributed by atoms with Gasteiger partial charge in [-0.15, -0.1) is 10.2 Å². The fraction of sp³-hybridized carbons (Fsp3) is 0.786. The molecule has 0 fully saturated rings. The van der Waals surface area contributed by atoms with Crippen LogP contribution in [0.25, 0.3) is 0 Å². The monoisotopic (exact) mass is 315 g/mol. The van der Waals surface area contributed by atoms with E-state index in [0.717, 1.165) is 12.2 Å². The molecular formula is C14H25N3O3S. The SMILES string of the molecule is CCSc1nnc([C@@H](NC(=O)OC(C)(C)C)C(C)CC)o1. The minimum Gasteiger partial charge on any atom is -0.444 e. The Morgan fingerprint density at radius 2 is 2.05 bits per heavy atom. The third-order valence-corrected chi connectivity index (χ3v) is 3.54. The van der Waals surface area contributed by atoms with Gasteiger partial charge in [-0.05, 0) is 32.4 Å². The van der Waals surface area contributed by atoms with Gasteiger partial charge in [0.05, 0.1) is 0 Å². The summed E-state index contributed by atoms with van der Waals surface area (Å²) in [5.74, 6) is 1.44. The average molecular weight is 315 g/mol. The van der Waals surface area contributed by atoms with Crippen LogP contribution in [0.4, 0.5) is 4.79 Å². The van der Waals surface area contributed by atoms with Crippen molar-refractivity contribution in [3.8, 4) is 0 Å². The molecule has 0 saturated carbocycles. The molecule has 1 heterocycles. The lowest BCUT2D eigenvalue weighted by Gasteiger charge is -2.24. The predicted molar refractivity (Wildman–Crippen MR) is 82.3 cm³/mol. The fourth-order valence-corrected chi connectivity index (χ4v) is 2.14. The number of ether oxygens (including phenoxy) is 1. The van der Waals surface area contributed by atoms with E-state index in [1.165, 1.54) is 11.8 Å². The molecule has 0 spiro atoms. The van der Waals surface area contributed by atoms with E-state index in [2.05, 4.69) is 15.5 Å². The number of nitrogens with zero attached hydrogens (tertiary/aromatic N) is 2. The molecule has 6 nitrogen and oxygen atoms in total. The summed E-state index contributed by atoms with van der Waals surface area (Å²) < 4.78 is 10.9. The van der Waals surface area contributed by atoms with E-state index in [0.29, 0.717) is 11.1 Å². The van der Waals surface area contributed by atoms with Crippen molar-refractivity contribution in [3.63, 3.8) is 0 Å². The summed E-state index contributed by atoms with van der Waals surface area (Å²) in [7, 11) is 0. The number of aromatic nitrogens is 2. The fourth-order valence-electron chi connectivity index (χ4n) is 1.65. The first-order chi connectivity index (χ1) is 9.76. The highest BCUT2D eigenvalue weighted by atomic mass is 32.2. The molecule has 21 heavy (non-hydrogen) atoms. The third-order valence-electron chi connectivity index (χ3n) is 2.84. The standard InChI is InChI=1S/C14H25N3O3S/c1-7-9(3)10(15-12(18)20-14(4,5)6)11-16-17-13(19-11)21-8-2/h9-10H,7-8H2,1-6H3,(H,15,18)/t9?,10-/m0/s1. The van der Waals surface area contributed by atoms with Crippen LogP contribution in [0, 0.1) is 5.92 Å². The molecule has 0 aliphatic heterocycles. The summed E-state index contributed by atoms with van der Waals surface area (Å²) in [4.78, 5) is 12.0. The Labute approximate surface area is 130 Å². The maximum absolute atomic E-state index is 12.0. The van der Waals surface area contributed by atoms with Crippen molar-refractivity contribution in [1.29, 1.82) is 0 Å². The third kappa shape index (κ3) is 5.95. The zero-order valence-corrected chi connectivity index (χ0v) is 14.4. The second kappa shape index (κ2) is 7.68. The molecule has 1 N–H and O–H groups in total. The van der Waals surface area contributed by atoms with Crippen LogP contribution in [-0.4, -0.2) is 27.6 Å². The number of amides is 1. The molecule has 0 aromatic carbocycles. The van der Waals surface area contributed by atoms with Gasteiger partial charge in [-0.1, -0.05) is 39.0 Å². The Hall–Kier alpha value is -1.24. The summed E-state index contributed by atoms with van der Waals surface area (Å²) in [5, 5.41) is 11.4. The summed E-state index contributed by atoms with van der Waals surface area (Å²) in [5.41, 5.74) is -0.540. The first-order valence-electron chi connectivity index (χ1n) is 7.22. The van der Waals surface area contributed by atoms with E-state index in [4.69, 9.17) is 9.15 Å². The van der Waals surface area contributed by atoms with E-state index in [-0.39, 0.29) is 12.0 Å². The van der Waals surface area contributed by atoms with Crippen LogP contribution < -0.4 is 5.32 Å². The van der Waals surface area contributed by atoms with Gasteiger partial charge in [-0.2, -0.15) is 0 Å². The Kier molecular flexibility index (Phi) is 6.51. The van der Waals surface area contributed by atoms with Gasteiger partial charge in [0.2, 0.25) is 5.89 Å². The summed E-state index contributed by atoms with van der Waals surface area (Å²) in [6.07, 6.45) is 0.398. The zero-order valence-electron chi connectivity index (χ0n) is 13.6. The molecule has 0 radical (unpaired) electrons. The Morgan fingerprint density at radius 3 is 2.57 bits per heavy atom. The Bertz CT molecular complexity index is 457. The van der Waals surface area contributed by atoms with Gasteiger partial charge in [0.25, 0.3) is 5.22 Å². The van der Waals surface area contributed by atoms with Gasteiger partial charge in [-0.25, -0.2) is 4.79 Å². The minimum absolute atomic E-state index is 0.164. The number of alkyl carbamates (subject to hydrolysis) is 1. The topological polar surface area (TPSA) is 77.2 Å². The number of thioether (sulfide) groups is 1. The van der Waals surface area contributed by atoms with Crippen molar-refractivity contribution in [3.05, 3.63) is 5.89 Å². The highest BCUT2D eigenvalue weighted by Crippen LogP contribution is 2.26. The van der Waals surface area contributed by atoms with Crippen LogP contribution in [0.1, 0.15) is 59.9 Å². The molecule has 1 amide bonds. The van der Waals surface area contributed by atoms with Crippen molar-refractivity contribution in [1.82, 2.24) is 15.5 Å². The van der Waals surface area contributed by atoms with Crippen molar-refractivity contribution in [2.45, 2.75) is 64.8 Å². The molecule has 0 aliphatic rings. The number of hydrogen-bond donors (Lipinski definition) is 1. The van der Waals surface area contributed by atoms with E-state index >= 15 is 0 Å². The lowest BCUT2D eigenvalue weighted by Crippen LogP contribution is -2.37. The van der Waals surface area contributed by atoms with Crippen LogP contribution in [0.15, 0.2) is 9.64 Å². The normalized spacial score (nSPS) is 14.6. The van der Waals surface area contributed by atoms with Crippen LogP contribution in [0.5, 0.6) is 0 Å². The van der Waals surface area contributed by atoms with Gasteiger partial charge in [-0.3, -0.25) is 0 Å². The molecule has 1 unspecified atom stereocenters. The van der Waals surface area contributed by atoms with E-state index in [1.807, 2.05) is 41.5 Å². The number of nitrogens with one attached hydrogen (secondary N) is 1. The lowest BCUT2D eigenvalue weighted by molar-refractivity contribution is 0.0474. The largest absolute Gasteiger partial charge is 0.444 e. The smallest absolute Gasteiger partial charge is 0.408 e. The molecular weight excluding hydrogens is 290 g/mol. The molecule has 0 bridgehead atoms. The van der Waals surface area contributed by atoms with E-state index < -0.39 is 11.7 Å². The van der Waals surface area contributed by atoms with Gasteiger partial charge in [0.1, 0.15) is 11.6 Å². The highest BCUT2D eigenvalue weighted by Gasteiger charge is 2.28. The first kappa shape index (κ1) is 17.8. The van der Waals surface area contributed by atoms with Crippen molar-refractivity contribution >= 4 is 17.9 Å². The van der Waals surface area contributed by atoms with E-state index in [9.17, 15) is 4.79 Å². The maximum Gasteiger partial charge on any atom is 0.408 e. The number of rotatable bonds is 6. The summed E-state index contributed by atoms with van der Waals surface area (Å²) in [6, 6.07) is -0.344. The predicted octanol–water partition coefficient (Wildman–Crippen LogP) is 3.79. The Balaban J connectivity index is 2.82.